The van der Waals surface area contributed by atoms with Crippen LogP contribution in [0.25, 0.3) is 5.82 Å². The maximum Gasteiger partial charge on any atom is 0.434 e. The number of hydrogen-bond donors (Lipinski definition) is 1. The number of aryl methyl sites for hydroxylation is 1. The molecule has 11 nitrogen and oxygen atoms in total. The molecular formula is C17H16F3N7O4. The van der Waals surface area contributed by atoms with Gasteiger partial charge in [-0.3, -0.25) is 9.59 Å². The van der Waals surface area contributed by atoms with Crippen molar-refractivity contribution >= 4 is 17.6 Å². The Morgan fingerprint density at radius 2 is 2.03 bits per heavy atom. The molecule has 1 N–H and O–H groups in total. The summed E-state index contributed by atoms with van der Waals surface area (Å²) in [5, 5.41) is 16.8. The Labute approximate surface area is 172 Å². The van der Waals surface area contributed by atoms with Crippen LogP contribution in [0.4, 0.5) is 19.0 Å². The van der Waals surface area contributed by atoms with Crippen molar-refractivity contribution in [3.63, 3.8) is 0 Å². The highest BCUT2D eigenvalue weighted by Crippen LogP contribution is 2.33. The molecule has 3 rings (SSSR count). The highest BCUT2D eigenvalue weighted by Gasteiger charge is 2.41. The van der Waals surface area contributed by atoms with Gasteiger partial charge < -0.3 is 19.5 Å². The van der Waals surface area contributed by atoms with E-state index in [4.69, 9.17) is 9.26 Å². The van der Waals surface area contributed by atoms with Crippen LogP contribution >= 0.6 is 0 Å². The number of hydrogen-bond acceptors (Lipinski definition) is 8. The number of amides is 2. The van der Waals surface area contributed by atoms with Gasteiger partial charge in [0.1, 0.15) is 5.76 Å². The zero-order valence-corrected chi connectivity index (χ0v) is 16.5. The first-order valence-electron chi connectivity index (χ1n) is 8.62. The van der Waals surface area contributed by atoms with Crippen LogP contribution in [0.2, 0.25) is 0 Å². The van der Waals surface area contributed by atoms with E-state index in [9.17, 15) is 22.8 Å². The van der Waals surface area contributed by atoms with E-state index in [0.29, 0.717) is 10.4 Å². The SMILES string of the molecule is COc1ccc(-n2ncc(C(=O)N(C)CC(=O)Nc3cc(C)on3)c2C(F)(F)F)nn1. The van der Waals surface area contributed by atoms with E-state index < -0.39 is 35.8 Å². The lowest BCUT2D eigenvalue weighted by molar-refractivity contribution is -0.143. The number of carbonyl (C=O) groups excluding carboxylic acids is 2. The van der Waals surface area contributed by atoms with Crippen LogP contribution in [0.15, 0.2) is 28.9 Å². The Morgan fingerprint density at radius 1 is 1.29 bits per heavy atom. The van der Waals surface area contributed by atoms with Crippen LogP contribution in [0.1, 0.15) is 21.8 Å². The number of nitrogens with zero attached hydrogens (tertiary/aromatic N) is 6. The lowest BCUT2D eigenvalue weighted by Crippen LogP contribution is -2.36. The third kappa shape index (κ3) is 4.79. The van der Waals surface area contributed by atoms with Crippen molar-refractivity contribution in [2.24, 2.45) is 0 Å². The van der Waals surface area contributed by atoms with E-state index in [1.165, 1.54) is 32.4 Å². The number of ether oxygens (including phenoxy) is 1. The van der Waals surface area contributed by atoms with Crippen molar-refractivity contribution in [1.29, 1.82) is 0 Å². The molecule has 0 atom stereocenters. The Kier molecular flexibility index (Phi) is 5.90. The summed E-state index contributed by atoms with van der Waals surface area (Å²) < 4.78 is 51.3. The molecule has 0 saturated carbocycles. The predicted molar refractivity (Wildman–Crippen MR) is 97.5 cm³/mol. The second kappa shape index (κ2) is 8.41. The second-order valence-corrected chi connectivity index (χ2v) is 6.28. The van der Waals surface area contributed by atoms with Crippen LogP contribution < -0.4 is 10.1 Å². The van der Waals surface area contributed by atoms with Crippen LogP contribution in [0, 0.1) is 6.92 Å². The Balaban J connectivity index is 1.84. The summed E-state index contributed by atoms with van der Waals surface area (Å²) in [6.07, 6.45) is -4.18. The smallest absolute Gasteiger partial charge is 0.434 e. The average molecular weight is 439 g/mol. The quantitative estimate of drug-likeness (QED) is 0.615. The summed E-state index contributed by atoms with van der Waals surface area (Å²) in [5.41, 5.74) is -2.10. The molecule has 0 aliphatic carbocycles. The minimum Gasteiger partial charge on any atom is -0.480 e. The highest BCUT2D eigenvalue weighted by molar-refractivity contribution is 5.99. The number of nitrogens with one attached hydrogen (secondary N) is 1. The molecule has 2 amide bonds. The lowest BCUT2D eigenvalue weighted by Gasteiger charge is -2.17. The molecule has 0 aromatic carbocycles. The third-order valence-electron chi connectivity index (χ3n) is 3.94. The van der Waals surface area contributed by atoms with E-state index in [2.05, 4.69) is 25.8 Å². The van der Waals surface area contributed by atoms with Gasteiger partial charge in [0.2, 0.25) is 11.8 Å². The van der Waals surface area contributed by atoms with Gasteiger partial charge in [-0.2, -0.15) is 18.3 Å². The zero-order chi connectivity index (χ0) is 22.8. The summed E-state index contributed by atoms with van der Waals surface area (Å²) in [4.78, 5) is 25.5. The Hall–Kier alpha value is -3.97. The first-order valence-corrected chi connectivity index (χ1v) is 8.62. The van der Waals surface area contributed by atoms with Gasteiger partial charge in [0, 0.05) is 19.2 Å². The van der Waals surface area contributed by atoms with Crippen molar-refractivity contribution in [3.8, 4) is 11.7 Å². The fraction of sp³-hybridized carbons (Fsp3) is 0.294. The molecule has 3 aromatic heterocycles. The van der Waals surface area contributed by atoms with Gasteiger partial charge in [0.05, 0.1) is 25.4 Å². The van der Waals surface area contributed by atoms with E-state index >= 15 is 0 Å². The van der Waals surface area contributed by atoms with Crippen molar-refractivity contribution in [3.05, 3.63) is 41.4 Å². The van der Waals surface area contributed by atoms with Crippen LogP contribution in [-0.4, -0.2) is 62.6 Å². The maximum atomic E-state index is 13.7. The molecule has 3 heterocycles. The maximum absolute atomic E-state index is 13.7. The van der Waals surface area contributed by atoms with Gasteiger partial charge in [0.25, 0.3) is 5.91 Å². The lowest BCUT2D eigenvalue weighted by atomic mass is 10.2. The molecule has 31 heavy (non-hydrogen) atoms. The van der Waals surface area contributed by atoms with Crippen LogP contribution in [0.3, 0.4) is 0 Å². The largest absolute Gasteiger partial charge is 0.480 e. The number of alkyl halides is 3. The van der Waals surface area contributed by atoms with Crippen molar-refractivity contribution in [1.82, 2.24) is 30.0 Å². The van der Waals surface area contributed by atoms with Gasteiger partial charge in [0.15, 0.2) is 17.3 Å². The highest BCUT2D eigenvalue weighted by atomic mass is 19.4. The Bertz CT molecular complexity index is 1090. The number of carbonyl (C=O) groups is 2. The van der Waals surface area contributed by atoms with Crippen molar-refractivity contribution in [2.45, 2.75) is 13.1 Å². The molecule has 0 spiro atoms. The van der Waals surface area contributed by atoms with E-state index in [0.717, 1.165) is 11.1 Å². The van der Waals surface area contributed by atoms with Crippen LogP contribution in [-0.2, 0) is 11.0 Å². The monoisotopic (exact) mass is 439 g/mol. The number of halogens is 3. The third-order valence-corrected chi connectivity index (χ3v) is 3.94. The normalized spacial score (nSPS) is 11.3. The summed E-state index contributed by atoms with van der Waals surface area (Å²) in [6, 6.07) is 3.95. The molecule has 0 radical (unpaired) electrons. The van der Waals surface area contributed by atoms with Gasteiger partial charge in [-0.25, -0.2) is 4.68 Å². The first-order chi connectivity index (χ1) is 14.6. The molecular weight excluding hydrogens is 423 g/mol. The Morgan fingerprint density at radius 3 is 2.58 bits per heavy atom. The fourth-order valence-electron chi connectivity index (χ4n) is 2.59. The van der Waals surface area contributed by atoms with Gasteiger partial charge in [-0.15, -0.1) is 10.2 Å². The summed E-state index contributed by atoms with van der Waals surface area (Å²) in [5.74, 6) is -1.35. The van der Waals surface area contributed by atoms with Gasteiger partial charge >= 0.3 is 6.18 Å². The molecule has 0 saturated heterocycles. The second-order valence-electron chi connectivity index (χ2n) is 6.28. The van der Waals surface area contributed by atoms with Crippen molar-refractivity contribution < 1.29 is 32.0 Å². The molecule has 0 unspecified atom stereocenters. The predicted octanol–water partition coefficient (Wildman–Crippen LogP) is 1.70. The zero-order valence-electron chi connectivity index (χ0n) is 16.5. The minimum atomic E-state index is -4.94. The molecule has 0 aliphatic rings. The van der Waals surface area contributed by atoms with E-state index in [1.807, 2.05) is 0 Å². The van der Waals surface area contributed by atoms with E-state index in [1.54, 1.807) is 6.92 Å². The number of rotatable bonds is 6. The molecule has 164 valence electrons. The van der Waals surface area contributed by atoms with E-state index in [-0.39, 0.29) is 17.5 Å². The molecule has 3 aromatic rings. The molecule has 0 fully saturated rings. The summed E-state index contributed by atoms with van der Waals surface area (Å²) in [6.45, 7) is 1.08. The first kappa shape index (κ1) is 21.7. The standard InChI is InChI=1S/C17H16F3N7O4/c1-9-6-11(25-31-9)22-13(28)8-26(2)16(29)10-7-21-27(15(10)17(18,19)20)12-4-5-14(30-3)24-23-12/h4-7H,8H2,1-3H3,(H,22,25,28). The molecule has 0 bridgehead atoms. The molecule has 0 aliphatic heterocycles. The average Bonchev–Trinajstić information content (AvgIpc) is 3.33. The summed E-state index contributed by atoms with van der Waals surface area (Å²) in [7, 11) is 2.51. The van der Waals surface area contributed by atoms with Gasteiger partial charge in [-0.1, -0.05) is 5.16 Å². The van der Waals surface area contributed by atoms with Crippen molar-refractivity contribution in [2.75, 3.05) is 26.0 Å². The fourth-order valence-corrected chi connectivity index (χ4v) is 2.59. The number of aromatic nitrogens is 5. The molecule has 14 heteroatoms. The number of anilines is 1. The minimum absolute atomic E-state index is 0.0915. The summed E-state index contributed by atoms with van der Waals surface area (Å²) >= 11 is 0. The van der Waals surface area contributed by atoms with Gasteiger partial charge in [-0.05, 0) is 13.0 Å². The number of likely N-dealkylation sites (N-methyl/N-ethyl adjacent to an activating group) is 1. The number of methoxy groups -OCH3 is 1. The topological polar surface area (TPSA) is 128 Å². The van der Waals surface area contributed by atoms with Crippen LogP contribution in [0.5, 0.6) is 5.88 Å².